The van der Waals surface area contributed by atoms with Crippen LogP contribution < -0.4 is 10.6 Å². The number of alkyl carbamates (subject to hydrolysis) is 1. The van der Waals surface area contributed by atoms with Gasteiger partial charge in [0.15, 0.2) is 0 Å². The molecule has 2 aliphatic heterocycles. The summed E-state index contributed by atoms with van der Waals surface area (Å²) >= 11 is 0. The van der Waals surface area contributed by atoms with Gasteiger partial charge in [-0.25, -0.2) is 9.59 Å². The summed E-state index contributed by atoms with van der Waals surface area (Å²) in [5, 5.41) is 10.3. The smallest absolute Gasteiger partial charge is 0.408 e. The van der Waals surface area contributed by atoms with Gasteiger partial charge < -0.3 is 30.1 Å². The van der Waals surface area contributed by atoms with Gasteiger partial charge in [-0.05, 0) is 53.4 Å². The Hall–Kier alpha value is -2.62. The maximum atomic E-state index is 13.6. The van der Waals surface area contributed by atoms with Crippen molar-refractivity contribution in [2.45, 2.75) is 102 Å². The molecule has 196 valence electrons. The van der Waals surface area contributed by atoms with Crippen molar-refractivity contribution < 1.29 is 33.8 Å². The molecule has 2 heterocycles. The molecule has 0 aromatic heterocycles. The molecule has 10 nitrogen and oxygen atoms in total. The van der Waals surface area contributed by atoms with E-state index in [0.717, 1.165) is 19.3 Å². The molecule has 3 N–H and O–H groups in total. The standard InChI is InChI=1S/C25H39N3O7/c1-5-34-22(32)25-14-16(25)11-9-7-6-8-10-12-18(26-23(33)35-24(2,3)4)21(31)28-15-17(29)13-19(28)20(30)27-25/h9,11,16-19,29H,5-8,10,12-15H2,1-4H3,(H,26,33)(H,27,30)/b11-9-/t16-,17-,18+,19+,25-/m1/s1/i29T. The molecular weight excluding hydrogens is 454 g/mol. The van der Waals surface area contributed by atoms with E-state index in [9.17, 15) is 19.2 Å². The fraction of sp³-hybridized carbons (Fsp3) is 0.760. The lowest BCUT2D eigenvalue weighted by Gasteiger charge is -2.30. The fourth-order valence-electron chi connectivity index (χ4n) is 4.76. The van der Waals surface area contributed by atoms with Gasteiger partial charge in [0.25, 0.3) is 0 Å². The highest BCUT2D eigenvalue weighted by molar-refractivity contribution is 5.96. The van der Waals surface area contributed by atoms with Crippen LogP contribution in [0.15, 0.2) is 12.2 Å². The predicted octanol–water partition coefficient (Wildman–Crippen LogP) is 1.80. The zero-order valence-electron chi connectivity index (χ0n) is 22.1. The molecule has 2 fully saturated rings. The van der Waals surface area contributed by atoms with E-state index in [4.69, 9.17) is 16.0 Å². The van der Waals surface area contributed by atoms with Crippen molar-refractivity contribution >= 4 is 23.9 Å². The number of hydrogen-bond donors (Lipinski definition) is 3. The van der Waals surface area contributed by atoms with Crippen LogP contribution in [0.2, 0.25) is 0 Å². The van der Waals surface area contributed by atoms with E-state index in [-0.39, 0.29) is 25.5 Å². The number of esters is 1. The monoisotopic (exact) mass is 495 g/mol. The highest BCUT2D eigenvalue weighted by atomic mass is 16.6. The molecule has 0 bridgehead atoms. The fourth-order valence-corrected chi connectivity index (χ4v) is 4.76. The maximum absolute atomic E-state index is 13.6. The Morgan fingerprint density at radius 1 is 1.31 bits per heavy atom. The third-order valence-electron chi connectivity index (χ3n) is 6.57. The zero-order chi connectivity index (χ0) is 26.5. The lowest BCUT2D eigenvalue weighted by atomic mass is 10.0. The van der Waals surface area contributed by atoms with Gasteiger partial charge in [0.1, 0.15) is 23.2 Å². The van der Waals surface area contributed by atoms with Gasteiger partial charge in [-0.1, -0.05) is 25.0 Å². The van der Waals surface area contributed by atoms with E-state index < -0.39 is 53.2 Å². The van der Waals surface area contributed by atoms with Gasteiger partial charge in [-0.15, -0.1) is 0 Å². The second-order valence-corrected chi connectivity index (χ2v) is 10.6. The number of rotatable bonds is 4. The Morgan fingerprint density at radius 3 is 2.77 bits per heavy atom. The predicted molar refractivity (Wildman–Crippen MR) is 127 cm³/mol. The average molecular weight is 496 g/mol. The van der Waals surface area contributed by atoms with Crippen LogP contribution in [0.4, 0.5) is 4.79 Å². The van der Waals surface area contributed by atoms with Crippen LogP contribution in [0, 0.1) is 5.92 Å². The Kier molecular flexibility index (Phi) is 7.98. The summed E-state index contributed by atoms with van der Waals surface area (Å²) in [7, 11) is 0. The van der Waals surface area contributed by atoms with Gasteiger partial charge in [0, 0.05) is 18.9 Å². The molecule has 5 atom stereocenters. The van der Waals surface area contributed by atoms with Crippen LogP contribution >= 0.6 is 0 Å². The summed E-state index contributed by atoms with van der Waals surface area (Å²) in [6, 6.07) is -1.84. The highest BCUT2D eigenvalue weighted by Gasteiger charge is 2.62. The van der Waals surface area contributed by atoms with E-state index in [0.29, 0.717) is 19.3 Å². The quantitative estimate of drug-likeness (QED) is 0.400. The number of carbonyl (C=O) groups is 4. The van der Waals surface area contributed by atoms with Crippen molar-refractivity contribution in [2.24, 2.45) is 5.92 Å². The van der Waals surface area contributed by atoms with Crippen LogP contribution in [0.25, 0.3) is 0 Å². The molecule has 0 aromatic carbocycles. The van der Waals surface area contributed by atoms with Gasteiger partial charge >= 0.3 is 12.1 Å². The van der Waals surface area contributed by atoms with E-state index >= 15 is 0 Å². The van der Waals surface area contributed by atoms with E-state index in [2.05, 4.69) is 10.6 Å². The van der Waals surface area contributed by atoms with Crippen molar-refractivity contribution in [3.8, 4) is 0 Å². The lowest BCUT2D eigenvalue weighted by molar-refractivity contribution is -0.150. The van der Waals surface area contributed by atoms with E-state index in [1.165, 1.54) is 4.90 Å². The third kappa shape index (κ3) is 6.74. The minimum atomic E-state index is -1.16. The van der Waals surface area contributed by atoms with Gasteiger partial charge in [-0.3, -0.25) is 9.59 Å². The van der Waals surface area contributed by atoms with Crippen molar-refractivity contribution in [1.29, 1.82) is 1.43 Å². The average Bonchev–Trinajstić information content (AvgIpc) is 3.31. The first kappa shape index (κ1) is 25.5. The molecule has 1 saturated carbocycles. The molecule has 0 radical (unpaired) electrons. The molecule has 0 aromatic rings. The number of hydrogen-bond acceptors (Lipinski definition) is 7. The van der Waals surface area contributed by atoms with Gasteiger partial charge in [0.2, 0.25) is 13.2 Å². The van der Waals surface area contributed by atoms with Crippen LogP contribution in [-0.2, 0) is 23.9 Å². The molecule has 10 heteroatoms. The molecular formula is C25H39N3O7. The summed E-state index contributed by atoms with van der Waals surface area (Å²) in [5.74, 6) is -1.62. The minimum Gasteiger partial charge on any atom is -0.464 e. The second-order valence-electron chi connectivity index (χ2n) is 10.6. The lowest BCUT2D eigenvalue weighted by Crippen LogP contribution is -2.56. The Balaban J connectivity index is 1.86. The molecule has 3 rings (SSSR count). The largest absolute Gasteiger partial charge is 0.464 e. The summed E-state index contributed by atoms with van der Waals surface area (Å²) in [6.45, 7) is 7.14. The molecule has 0 unspecified atom stereocenters. The topological polar surface area (TPSA) is 134 Å². The van der Waals surface area contributed by atoms with Gasteiger partial charge in [-0.2, -0.15) is 0 Å². The summed E-state index contributed by atoms with van der Waals surface area (Å²) in [4.78, 5) is 53.7. The Morgan fingerprint density at radius 2 is 2.09 bits per heavy atom. The third-order valence-corrected chi connectivity index (χ3v) is 6.57. The normalized spacial score (nSPS) is 33.1. The first-order valence-electron chi connectivity index (χ1n) is 13.0. The number of carbonyl (C=O) groups excluding carboxylic acids is 4. The first-order valence-corrected chi connectivity index (χ1v) is 12.6. The van der Waals surface area contributed by atoms with Crippen molar-refractivity contribution in [2.75, 3.05) is 13.2 Å². The highest BCUT2D eigenvalue weighted by Crippen LogP contribution is 2.46. The number of nitrogens with one attached hydrogen (secondary N) is 2. The summed E-state index contributed by atoms with van der Waals surface area (Å²) in [6.07, 6.45) is 6.74. The molecule has 35 heavy (non-hydrogen) atoms. The molecule has 0 spiro atoms. The summed E-state index contributed by atoms with van der Waals surface area (Å²) in [5.41, 5.74) is -1.89. The number of amides is 3. The SMILES string of the molecule is [3H]O[C@@H]1C[C@H]2C(=O)N[C@]3(C(=O)OCC)C[C@H]3/C=C\CCCCC[C@H](NC(=O)OC(C)(C)C)C(=O)N2C1. The first-order chi connectivity index (χ1) is 17.0. The summed E-state index contributed by atoms with van der Waals surface area (Å²) < 4.78 is 18.0. The number of aliphatic hydroxyl groups is 1. The van der Waals surface area contributed by atoms with Crippen LogP contribution in [0.1, 0.15) is 72.6 Å². The number of ether oxygens (including phenoxy) is 2. The molecule has 1 aliphatic carbocycles. The Labute approximate surface area is 208 Å². The van der Waals surface area contributed by atoms with Crippen LogP contribution in [-0.4, -0.2) is 77.8 Å². The van der Waals surface area contributed by atoms with Crippen LogP contribution in [0.5, 0.6) is 0 Å². The van der Waals surface area contributed by atoms with E-state index in [1.807, 2.05) is 12.2 Å². The van der Waals surface area contributed by atoms with Crippen LogP contribution in [0.3, 0.4) is 0 Å². The second kappa shape index (κ2) is 11.0. The number of aliphatic hydroxyl groups excluding tert-OH is 1. The molecule has 3 aliphatic rings. The molecule has 1 saturated heterocycles. The van der Waals surface area contributed by atoms with E-state index in [1.54, 1.807) is 27.7 Å². The zero-order valence-corrected chi connectivity index (χ0v) is 21.1. The number of nitrogens with zero attached hydrogens (tertiary/aromatic N) is 1. The maximum Gasteiger partial charge on any atom is 0.408 e. The Bertz CT molecular complexity index is 874. The van der Waals surface area contributed by atoms with Crippen molar-refractivity contribution in [1.82, 2.24) is 15.5 Å². The number of allylic oxidation sites excluding steroid dienone is 1. The van der Waals surface area contributed by atoms with Crippen molar-refractivity contribution in [3.63, 3.8) is 0 Å². The molecule has 3 amide bonds. The number of fused-ring (bicyclic) bond motifs is 2. The van der Waals surface area contributed by atoms with Gasteiger partial charge in [0.05, 0.1) is 12.7 Å². The minimum absolute atomic E-state index is 0.0304. The van der Waals surface area contributed by atoms with Crippen molar-refractivity contribution in [3.05, 3.63) is 12.2 Å².